The van der Waals surface area contributed by atoms with E-state index in [-0.39, 0.29) is 30.2 Å². The van der Waals surface area contributed by atoms with Crippen LogP contribution in [-0.4, -0.2) is 86.3 Å². The number of hydrogen-bond acceptors (Lipinski definition) is 6. The van der Waals surface area contributed by atoms with Gasteiger partial charge >= 0.3 is 0 Å². The highest BCUT2D eigenvalue weighted by Gasteiger charge is 2.45. The van der Waals surface area contributed by atoms with Crippen molar-refractivity contribution in [3.05, 3.63) is 35.9 Å². The first-order chi connectivity index (χ1) is 11.6. The molecule has 0 radical (unpaired) electrons. The highest BCUT2D eigenvalue weighted by atomic mass is 32.2. The molecule has 3 rings (SSSR count). The molecule has 2 atom stereocenters. The van der Waals surface area contributed by atoms with Gasteiger partial charge in [0.2, 0.25) is 0 Å². The molecule has 7 heteroatoms. The van der Waals surface area contributed by atoms with Crippen LogP contribution in [0.4, 0.5) is 0 Å². The van der Waals surface area contributed by atoms with E-state index in [1.807, 2.05) is 30.3 Å². The Morgan fingerprint density at radius 3 is 2.29 bits per heavy atom. The molecule has 0 saturated carbocycles. The number of ether oxygens (including phenoxy) is 1. The summed E-state index contributed by atoms with van der Waals surface area (Å²) in [6, 6.07) is 10.1. The van der Waals surface area contributed by atoms with Crippen LogP contribution in [0.1, 0.15) is 5.56 Å². The Hall–Kier alpha value is -0.990. The Kier molecular flexibility index (Phi) is 5.89. The zero-order valence-corrected chi connectivity index (χ0v) is 14.7. The van der Waals surface area contributed by atoms with E-state index in [9.17, 15) is 13.5 Å². The van der Waals surface area contributed by atoms with E-state index in [1.165, 1.54) is 0 Å². The molecule has 2 fully saturated rings. The molecular formula is C17H26N2O4S. The number of rotatable bonds is 7. The Labute approximate surface area is 143 Å². The minimum absolute atomic E-state index is 0.00465. The molecule has 0 amide bonds. The van der Waals surface area contributed by atoms with Gasteiger partial charge in [0.15, 0.2) is 9.84 Å². The van der Waals surface area contributed by atoms with Crippen LogP contribution >= 0.6 is 0 Å². The summed E-state index contributed by atoms with van der Waals surface area (Å²) in [6.45, 7) is 4.17. The fraction of sp³-hybridized carbons (Fsp3) is 0.647. The maximum absolute atomic E-state index is 12.1. The van der Waals surface area contributed by atoms with Gasteiger partial charge < -0.3 is 9.84 Å². The molecule has 2 heterocycles. The van der Waals surface area contributed by atoms with Crippen molar-refractivity contribution in [2.45, 2.75) is 18.7 Å². The number of benzene rings is 1. The fourth-order valence-corrected chi connectivity index (χ4v) is 5.77. The third-order valence-corrected chi connectivity index (χ3v) is 6.63. The molecule has 1 N–H and O–H groups in total. The predicted octanol–water partition coefficient (Wildman–Crippen LogP) is -0.0213. The number of aliphatic hydroxyl groups is 1. The van der Waals surface area contributed by atoms with Crippen LogP contribution in [0.15, 0.2) is 30.3 Å². The second kappa shape index (κ2) is 7.93. The standard InChI is InChI=1S/C17H26N2O4S/c20-10-8-18-6-7-19(17-14-24(21,22)13-16(17)18)9-11-23-12-15-4-2-1-3-5-15/h1-5,16-17,20H,6-14H2/t16-,17+/m0/s1. The van der Waals surface area contributed by atoms with Crippen molar-refractivity contribution in [3.8, 4) is 0 Å². The Balaban J connectivity index is 1.52. The molecule has 1 aromatic rings. The minimum atomic E-state index is -2.99. The molecule has 0 spiro atoms. The SMILES string of the molecule is O=S1(=O)C[C@@H]2[C@H](C1)N(CCO)CCN2CCOCc1ccccc1. The summed E-state index contributed by atoms with van der Waals surface area (Å²) in [5.74, 6) is 0.428. The van der Waals surface area contributed by atoms with Gasteiger partial charge in [-0.2, -0.15) is 0 Å². The van der Waals surface area contributed by atoms with Gasteiger partial charge in [-0.25, -0.2) is 8.42 Å². The van der Waals surface area contributed by atoms with Crippen molar-refractivity contribution in [1.29, 1.82) is 0 Å². The lowest BCUT2D eigenvalue weighted by atomic mass is 10.0. The maximum Gasteiger partial charge on any atom is 0.153 e. The second-order valence-electron chi connectivity index (χ2n) is 6.55. The van der Waals surface area contributed by atoms with Crippen molar-refractivity contribution < 1.29 is 18.3 Å². The molecule has 2 aliphatic heterocycles. The minimum Gasteiger partial charge on any atom is -0.395 e. The summed E-state index contributed by atoms with van der Waals surface area (Å²) in [6.07, 6.45) is 0. The fourth-order valence-electron chi connectivity index (χ4n) is 3.73. The number of β-amino-alcohol motifs (C(OH)–C–C–N with tert-alkyl or cyclic N) is 1. The third-order valence-electron chi connectivity index (χ3n) is 4.93. The molecule has 1 aromatic carbocycles. The van der Waals surface area contributed by atoms with Gasteiger partial charge in [-0.1, -0.05) is 30.3 Å². The van der Waals surface area contributed by atoms with Gasteiger partial charge in [-0.05, 0) is 5.56 Å². The number of aliphatic hydroxyl groups excluding tert-OH is 1. The summed E-state index contributed by atoms with van der Waals surface area (Å²) in [5, 5.41) is 9.19. The van der Waals surface area contributed by atoms with E-state index >= 15 is 0 Å². The maximum atomic E-state index is 12.1. The van der Waals surface area contributed by atoms with E-state index in [1.54, 1.807) is 0 Å². The molecular weight excluding hydrogens is 328 g/mol. The molecule has 6 nitrogen and oxygen atoms in total. The molecule has 24 heavy (non-hydrogen) atoms. The van der Waals surface area contributed by atoms with Crippen LogP contribution in [0.3, 0.4) is 0 Å². The molecule has 0 aromatic heterocycles. The van der Waals surface area contributed by atoms with Gasteiger partial charge in [0.05, 0.1) is 31.3 Å². The van der Waals surface area contributed by atoms with Gasteiger partial charge in [-0.3, -0.25) is 9.80 Å². The van der Waals surface area contributed by atoms with Crippen molar-refractivity contribution in [2.75, 3.05) is 50.9 Å². The Bertz CT molecular complexity index is 623. The van der Waals surface area contributed by atoms with Crippen LogP contribution in [0.5, 0.6) is 0 Å². The summed E-state index contributed by atoms with van der Waals surface area (Å²) < 4.78 is 29.9. The first-order valence-electron chi connectivity index (χ1n) is 8.50. The first kappa shape index (κ1) is 17.8. The largest absolute Gasteiger partial charge is 0.395 e. The van der Waals surface area contributed by atoms with Crippen molar-refractivity contribution in [3.63, 3.8) is 0 Å². The van der Waals surface area contributed by atoms with Crippen LogP contribution < -0.4 is 0 Å². The van der Waals surface area contributed by atoms with Crippen molar-refractivity contribution in [1.82, 2.24) is 9.80 Å². The van der Waals surface area contributed by atoms with E-state index in [0.29, 0.717) is 19.8 Å². The first-order valence-corrected chi connectivity index (χ1v) is 10.3. The number of fused-ring (bicyclic) bond motifs is 1. The highest BCUT2D eigenvalue weighted by Crippen LogP contribution is 2.26. The number of sulfone groups is 1. The molecule has 134 valence electrons. The van der Waals surface area contributed by atoms with E-state index < -0.39 is 9.84 Å². The van der Waals surface area contributed by atoms with Crippen molar-refractivity contribution in [2.24, 2.45) is 0 Å². The number of hydrogen-bond donors (Lipinski definition) is 1. The molecule has 0 aliphatic carbocycles. The monoisotopic (exact) mass is 354 g/mol. The summed E-state index contributed by atoms with van der Waals surface area (Å²) in [5.41, 5.74) is 1.14. The van der Waals surface area contributed by atoms with Crippen molar-refractivity contribution >= 4 is 9.84 Å². The zero-order valence-electron chi connectivity index (χ0n) is 13.9. The van der Waals surface area contributed by atoms with E-state index in [2.05, 4.69) is 9.80 Å². The third kappa shape index (κ3) is 4.34. The zero-order chi connectivity index (χ0) is 17.0. The molecule has 2 saturated heterocycles. The van der Waals surface area contributed by atoms with E-state index in [4.69, 9.17) is 4.74 Å². The van der Waals surface area contributed by atoms with E-state index in [0.717, 1.165) is 25.2 Å². The summed E-state index contributed by atoms with van der Waals surface area (Å²) in [4.78, 5) is 4.37. The Morgan fingerprint density at radius 1 is 1.04 bits per heavy atom. The molecule has 2 aliphatic rings. The van der Waals surface area contributed by atoms with Gasteiger partial charge in [0, 0.05) is 38.3 Å². The number of nitrogens with zero attached hydrogens (tertiary/aromatic N) is 2. The van der Waals surface area contributed by atoms with Crippen LogP contribution in [0.2, 0.25) is 0 Å². The smallest absolute Gasteiger partial charge is 0.153 e. The topological polar surface area (TPSA) is 70.1 Å². The lowest BCUT2D eigenvalue weighted by Crippen LogP contribution is -2.60. The van der Waals surface area contributed by atoms with Gasteiger partial charge in [0.1, 0.15) is 0 Å². The lowest BCUT2D eigenvalue weighted by Gasteiger charge is -2.43. The van der Waals surface area contributed by atoms with Crippen LogP contribution in [0, 0.1) is 0 Å². The highest BCUT2D eigenvalue weighted by molar-refractivity contribution is 7.91. The average Bonchev–Trinajstić information content (AvgIpc) is 2.90. The predicted molar refractivity (Wildman–Crippen MR) is 92.6 cm³/mol. The normalized spacial score (nSPS) is 27.2. The summed E-state index contributed by atoms with van der Waals surface area (Å²) >= 11 is 0. The lowest BCUT2D eigenvalue weighted by molar-refractivity contribution is 0.0127. The summed E-state index contributed by atoms with van der Waals surface area (Å²) in [7, 11) is -2.99. The molecule has 0 bridgehead atoms. The van der Waals surface area contributed by atoms with Gasteiger partial charge in [0.25, 0.3) is 0 Å². The van der Waals surface area contributed by atoms with Crippen LogP contribution in [-0.2, 0) is 21.2 Å². The second-order valence-corrected chi connectivity index (χ2v) is 8.70. The molecule has 0 unspecified atom stereocenters. The average molecular weight is 354 g/mol. The number of piperazine rings is 1. The van der Waals surface area contributed by atoms with Gasteiger partial charge in [-0.15, -0.1) is 0 Å². The Morgan fingerprint density at radius 2 is 1.67 bits per heavy atom. The quantitative estimate of drug-likeness (QED) is 0.694. The van der Waals surface area contributed by atoms with Crippen LogP contribution in [0.25, 0.3) is 0 Å².